The number of thiophene rings is 1. The van der Waals surface area contributed by atoms with Crippen molar-refractivity contribution in [3.05, 3.63) is 127 Å². The van der Waals surface area contributed by atoms with Crippen molar-refractivity contribution in [3.8, 4) is 45.3 Å². The normalized spacial score (nSPS) is 13.1. The van der Waals surface area contributed by atoms with E-state index in [4.69, 9.17) is 6.85 Å². The summed E-state index contributed by atoms with van der Waals surface area (Å²) in [7, 11) is 0. The van der Waals surface area contributed by atoms with E-state index in [9.17, 15) is 0 Å². The van der Waals surface area contributed by atoms with E-state index < -0.39 is 5.82 Å². The molecular weight excluding hydrogens is 489 g/mol. The summed E-state index contributed by atoms with van der Waals surface area (Å²) in [6.07, 6.45) is 0. The third-order valence-corrected chi connectivity index (χ3v) is 7.41. The van der Waals surface area contributed by atoms with E-state index in [1.54, 1.807) is 12.1 Å². The van der Waals surface area contributed by atoms with Crippen LogP contribution in [0.2, 0.25) is 0 Å². The van der Waals surface area contributed by atoms with Gasteiger partial charge in [0.05, 0.1) is 6.85 Å². The highest BCUT2D eigenvalue weighted by Gasteiger charge is 2.16. The van der Waals surface area contributed by atoms with Crippen molar-refractivity contribution >= 4 is 31.5 Å². The Morgan fingerprint density at radius 2 is 1.21 bits per heavy atom. The van der Waals surface area contributed by atoms with E-state index >= 15 is 4.39 Å². The van der Waals surface area contributed by atoms with Gasteiger partial charge >= 0.3 is 0 Å². The fourth-order valence-corrected chi connectivity index (χ4v) is 5.54. The van der Waals surface area contributed by atoms with Gasteiger partial charge in [-0.25, -0.2) is 19.3 Å². The summed E-state index contributed by atoms with van der Waals surface area (Å²) in [5, 5.41) is 0.568. The highest BCUT2D eigenvalue weighted by Crippen LogP contribution is 2.41. The fraction of sp³-hybridized carbons (Fsp3) is 0. The molecule has 0 aliphatic heterocycles. The zero-order chi connectivity index (χ0) is 29.8. The number of rotatable bonds is 4. The van der Waals surface area contributed by atoms with Gasteiger partial charge in [0.15, 0.2) is 17.5 Å². The average molecular weight is 515 g/mol. The Morgan fingerprint density at radius 3 is 1.87 bits per heavy atom. The molecule has 0 radical (unpaired) electrons. The van der Waals surface area contributed by atoms with E-state index in [1.807, 2.05) is 60.7 Å². The van der Waals surface area contributed by atoms with Crippen molar-refractivity contribution in [3.63, 3.8) is 0 Å². The van der Waals surface area contributed by atoms with Crippen molar-refractivity contribution in [2.24, 2.45) is 0 Å². The molecule has 0 saturated heterocycles. The van der Waals surface area contributed by atoms with Gasteiger partial charge in [-0.05, 0) is 12.1 Å². The molecule has 0 unspecified atom stereocenters. The molecule has 7 rings (SSSR count). The van der Waals surface area contributed by atoms with Gasteiger partial charge in [-0.15, -0.1) is 11.3 Å². The molecule has 0 amide bonds. The van der Waals surface area contributed by atoms with Gasteiger partial charge in [-0.2, -0.15) is 0 Å². The Labute approximate surface area is 230 Å². The molecule has 180 valence electrons. The third-order valence-electron chi connectivity index (χ3n) is 6.26. The van der Waals surface area contributed by atoms with E-state index in [0.29, 0.717) is 38.0 Å². The zero-order valence-electron chi connectivity index (χ0n) is 24.8. The summed E-state index contributed by atoms with van der Waals surface area (Å²) in [5.74, 6) is 0.636. The topological polar surface area (TPSA) is 38.7 Å². The standard InChI is InChI=1S/C33H20FN3S/c34-28-20-23(18-19-24(28)26-15-9-16-27-25-14-7-8-17-29(25)38-30(26)27)33-36-31(21-10-3-1-4-11-21)35-32(37-33)22-12-5-2-6-13-22/h1-20H/i7D,9D,14D,16D,17D. The second kappa shape index (κ2) is 9.29. The maximum Gasteiger partial charge on any atom is 0.164 e. The van der Waals surface area contributed by atoms with Gasteiger partial charge in [-0.3, -0.25) is 0 Å². The molecule has 0 saturated carbocycles. The quantitative estimate of drug-likeness (QED) is 0.235. The Morgan fingerprint density at radius 1 is 0.579 bits per heavy atom. The highest BCUT2D eigenvalue weighted by molar-refractivity contribution is 7.26. The Kier molecular flexibility index (Phi) is 4.32. The molecular formula is C33H20FN3S. The largest absolute Gasteiger partial charge is 0.208 e. The molecule has 2 heterocycles. The molecule has 2 aromatic heterocycles. The molecule has 0 bridgehead atoms. The van der Waals surface area contributed by atoms with Gasteiger partial charge in [-0.1, -0.05) is 109 Å². The maximum atomic E-state index is 16.0. The van der Waals surface area contributed by atoms with Crippen LogP contribution in [0.25, 0.3) is 65.5 Å². The summed E-state index contributed by atoms with van der Waals surface area (Å²) in [6, 6.07) is 25.9. The number of fused-ring (bicyclic) bond motifs is 3. The predicted molar refractivity (Wildman–Crippen MR) is 154 cm³/mol. The molecule has 3 nitrogen and oxygen atoms in total. The monoisotopic (exact) mass is 514 g/mol. The van der Waals surface area contributed by atoms with Crippen molar-refractivity contribution in [1.29, 1.82) is 0 Å². The van der Waals surface area contributed by atoms with E-state index in [1.165, 1.54) is 29.5 Å². The first-order valence-electron chi connectivity index (χ1n) is 14.4. The molecule has 0 spiro atoms. The van der Waals surface area contributed by atoms with E-state index in [-0.39, 0.29) is 46.5 Å². The first-order chi connectivity index (χ1) is 20.8. The van der Waals surface area contributed by atoms with E-state index in [2.05, 4.69) is 15.0 Å². The lowest BCUT2D eigenvalue weighted by atomic mass is 10.0. The van der Waals surface area contributed by atoms with Gasteiger partial charge < -0.3 is 0 Å². The second-order valence-corrected chi connectivity index (χ2v) is 9.65. The molecule has 5 aromatic carbocycles. The number of halogens is 1. The first-order valence-corrected chi connectivity index (χ1v) is 12.7. The summed E-state index contributed by atoms with van der Waals surface area (Å²) >= 11 is 1.17. The van der Waals surface area contributed by atoms with Crippen molar-refractivity contribution in [2.45, 2.75) is 0 Å². The molecule has 38 heavy (non-hydrogen) atoms. The van der Waals surface area contributed by atoms with Gasteiger partial charge in [0, 0.05) is 48.0 Å². The smallest absolute Gasteiger partial charge is 0.164 e. The Balaban J connectivity index is 1.41. The molecule has 0 N–H and O–H groups in total. The minimum absolute atomic E-state index is 0.0585. The zero-order valence-corrected chi connectivity index (χ0v) is 20.6. The molecule has 0 aliphatic carbocycles. The lowest BCUT2D eigenvalue weighted by molar-refractivity contribution is 0.632. The summed E-state index contributed by atoms with van der Waals surface area (Å²) in [5.41, 5.74) is 2.62. The molecule has 5 heteroatoms. The van der Waals surface area contributed by atoms with Crippen LogP contribution >= 0.6 is 11.3 Å². The van der Waals surface area contributed by atoms with Gasteiger partial charge in [0.2, 0.25) is 0 Å². The van der Waals surface area contributed by atoms with E-state index in [0.717, 1.165) is 11.1 Å². The van der Waals surface area contributed by atoms with Crippen LogP contribution in [0.5, 0.6) is 0 Å². The van der Waals surface area contributed by atoms with Gasteiger partial charge in [0.1, 0.15) is 5.82 Å². The lowest BCUT2D eigenvalue weighted by Gasteiger charge is -2.10. The predicted octanol–water partition coefficient (Wildman–Crippen LogP) is 9.05. The fourth-order valence-electron chi connectivity index (χ4n) is 4.43. The van der Waals surface area contributed by atoms with Crippen LogP contribution in [-0.2, 0) is 0 Å². The van der Waals surface area contributed by atoms with Crippen molar-refractivity contribution in [1.82, 2.24) is 15.0 Å². The minimum atomic E-state index is -0.574. The van der Waals surface area contributed by atoms with Crippen molar-refractivity contribution < 1.29 is 11.2 Å². The second-order valence-electron chi connectivity index (χ2n) is 8.63. The number of hydrogen-bond donors (Lipinski definition) is 0. The number of benzene rings is 5. The summed E-state index contributed by atoms with van der Waals surface area (Å²) < 4.78 is 58.9. The summed E-state index contributed by atoms with van der Waals surface area (Å²) in [6.45, 7) is 0. The highest BCUT2D eigenvalue weighted by atomic mass is 32.1. The van der Waals surface area contributed by atoms with Crippen LogP contribution in [0.15, 0.2) is 121 Å². The average Bonchev–Trinajstić information content (AvgIpc) is 3.44. The van der Waals surface area contributed by atoms with Crippen LogP contribution < -0.4 is 0 Å². The maximum absolute atomic E-state index is 16.0. The summed E-state index contributed by atoms with van der Waals surface area (Å²) in [4.78, 5) is 14.0. The van der Waals surface area contributed by atoms with Crippen LogP contribution in [0.4, 0.5) is 4.39 Å². The molecule has 7 aromatic rings. The van der Waals surface area contributed by atoms with Crippen LogP contribution in [0, 0.1) is 5.82 Å². The number of nitrogens with zero attached hydrogens (tertiary/aromatic N) is 3. The third kappa shape index (κ3) is 3.94. The van der Waals surface area contributed by atoms with Crippen LogP contribution in [-0.4, -0.2) is 15.0 Å². The minimum Gasteiger partial charge on any atom is -0.208 e. The van der Waals surface area contributed by atoms with Crippen LogP contribution in [0.1, 0.15) is 6.85 Å². The number of hydrogen-bond acceptors (Lipinski definition) is 4. The lowest BCUT2D eigenvalue weighted by Crippen LogP contribution is -2.00. The van der Waals surface area contributed by atoms with Crippen molar-refractivity contribution in [2.75, 3.05) is 0 Å². The number of aromatic nitrogens is 3. The Hall–Kier alpha value is -4.74. The SMILES string of the molecule is [2H]c1cc([2H])c2sc3c(-c4ccc(-c5nc(-c6ccccc6)nc(-c6ccccc6)n5)cc4F)cc([2H])c([2H])c3c2c1[2H]. The molecule has 0 fully saturated rings. The van der Waals surface area contributed by atoms with Crippen LogP contribution in [0.3, 0.4) is 0 Å². The molecule has 0 aliphatic rings. The van der Waals surface area contributed by atoms with Gasteiger partial charge in [0.25, 0.3) is 0 Å². The first kappa shape index (κ1) is 17.7. The Bertz CT molecular complexity index is 2150. The molecule has 0 atom stereocenters.